The third-order valence-electron chi connectivity index (χ3n) is 5.41. The van der Waals surface area contributed by atoms with E-state index in [-0.39, 0.29) is 11.3 Å². The number of anilines is 1. The van der Waals surface area contributed by atoms with Gasteiger partial charge in [-0.25, -0.2) is 0 Å². The van der Waals surface area contributed by atoms with Gasteiger partial charge >= 0.3 is 0 Å². The number of ether oxygens (including phenoxy) is 2. The molecule has 0 saturated carbocycles. The monoisotopic (exact) mass is 463 g/mol. The smallest absolute Gasteiger partial charge is 0.300 e. The van der Waals surface area contributed by atoms with E-state index in [0.717, 1.165) is 0 Å². The van der Waals surface area contributed by atoms with Crippen molar-refractivity contribution >= 4 is 34.7 Å². The number of aliphatic hydroxyl groups excluding tert-OH is 1. The van der Waals surface area contributed by atoms with E-state index in [1.54, 1.807) is 49.6 Å². The van der Waals surface area contributed by atoms with Crippen LogP contribution >= 0.6 is 11.6 Å². The van der Waals surface area contributed by atoms with Gasteiger partial charge in [0.05, 0.1) is 30.4 Å². The number of halogens is 1. The van der Waals surface area contributed by atoms with Crippen molar-refractivity contribution in [2.24, 2.45) is 0 Å². The zero-order valence-corrected chi connectivity index (χ0v) is 18.9. The molecule has 3 aromatic rings. The fraction of sp³-hybridized carbons (Fsp3) is 0.154. The predicted molar refractivity (Wildman–Crippen MR) is 127 cm³/mol. The topological polar surface area (TPSA) is 76.1 Å². The molecule has 6 nitrogen and oxygen atoms in total. The van der Waals surface area contributed by atoms with Gasteiger partial charge < -0.3 is 14.6 Å². The molecule has 0 spiro atoms. The van der Waals surface area contributed by atoms with Crippen LogP contribution in [0, 0.1) is 0 Å². The summed E-state index contributed by atoms with van der Waals surface area (Å²) in [5.41, 5.74) is 1.52. The Morgan fingerprint density at radius 3 is 2.36 bits per heavy atom. The van der Waals surface area contributed by atoms with Gasteiger partial charge in [0.2, 0.25) is 0 Å². The molecule has 4 rings (SSSR count). The molecule has 1 aliphatic rings. The van der Waals surface area contributed by atoms with Crippen LogP contribution < -0.4 is 14.4 Å². The normalized spacial score (nSPS) is 17.3. The van der Waals surface area contributed by atoms with Crippen molar-refractivity contribution in [1.82, 2.24) is 0 Å². The first kappa shape index (κ1) is 22.4. The second-order valence-electron chi connectivity index (χ2n) is 7.36. The Kier molecular flexibility index (Phi) is 6.38. The number of methoxy groups -OCH3 is 1. The van der Waals surface area contributed by atoms with Crippen LogP contribution in [0.4, 0.5) is 5.69 Å². The molecule has 3 aromatic carbocycles. The molecule has 1 amide bonds. The maximum atomic E-state index is 13.2. The first-order chi connectivity index (χ1) is 16.0. The van der Waals surface area contributed by atoms with Crippen molar-refractivity contribution in [3.63, 3.8) is 0 Å². The lowest BCUT2D eigenvalue weighted by Gasteiger charge is -2.25. The fourth-order valence-electron chi connectivity index (χ4n) is 3.86. The van der Waals surface area contributed by atoms with Gasteiger partial charge in [-0.3, -0.25) is 14.5 Å². The van der Waals surface area contributed by atoms with E-state index >= 15 is 0 Å². The van der Waals surface area contributed by atoms with Gasteiger partial charge in [0, 0.05) is 11.3 Å². The molecule has 33 heavy (non-hydrogen) atoms. The summed E-state index contributed by atoms with van der Waals surface area (Å²) in [5.74, 6) is -0.796. The molecular weight excluding hydrogens is 442 g/mol. The van der Waals surface area contributed by atoms with Crippen LogP contribution in [0.25, 0.3) is 5.76 Å². The standard InChI is InChI=1S/C26H22ClNO5/c1-3-33-21-15-17(9-14-20(21)27)24(29)22-23(16-7-5-4-6-8-16)28(26(31)25(22)30)18-10-12-19(32-2)13-11-18/h4-15,23,29H,3H2,1-2H3/b24-22-. The number of carbonyl (C=O) groups is 2. The van der Waals surface area contributed by atoms with Gasteiger partial charge in [-0.05, 0) is 55.0 Å². The highest BCUT2D eigenvalue weighted by atomic mass is 35.5. The summed E-state index contributed by atoms with van der Waals surface area (Å²) in [6, 6.07) is 19.9. The molecule has 0 radical (unpaired) electrons. The van der Waals surface area contributed by atoms with Gasteiger partial charge in [0.15, 0.2) is 0 Å². The number of Topliss-reactive ketones (excluding diaryl/α,β-unsaturated/α-hetero) is 1. The van der Waals surface area contributed by atoms with Gasteiger partial charge in [-0.15, -0.1) is 0 Å². The second kappa shape index (κ2) is 9.38. The molecule has 1 atom stereocenters. The first-order valence-corrected chi connectivity index (χ1v) is 10.8. The van der Waals surface area contributed by atoms with Crippen LogP contribution in [0.2, 0.25) is 5.02 Å². The van der Waals surface area contributed by atoms with Crippen LogP contribution in [0.15, 0.2) is 78.4 Å². The number of hydrogen-bond donors (Lipinski definition) is 1. The zero-order valence-electron chi connectivity index (χ0n) is 18.1. The van der Waals surface area contributed by atoms with Crippen molar-refractivity contribution in [3.05, 3.63) is 94.5 Å². The van der Waals surface area contributed by atoms with Crippen molar-refractivity contribution < 1.29 is 24.2 Å². The third-order valence-corrected chi connectivity index (χ3v) is 5.73. The van der Waals surface area contributed by atoms with Gasteiger partial charge in [0.1, 0.15) is 17.3 Å². The summed E-state index contributed by atoms with van der Waals surface area (Å²) >= 11 is 6.18. The van der Waals surface area contributed by atoms with E-state index in [2.05, 4.69) is 0 Å². The summed E-state index contributed by atoms with van der Waals surface area (Å²) in [6.45, 7) is 2.20. The predicted octanol–water partition coefficient (Wildman–Crippen LogP) is 5.37. The summed E-state index contributed by atoms with van der Waals surface area (Å²) in [6.07, 6.45) is 0. The maximum absolute atomic E-state index is 13.2. The Balaban J connectivity index is 1.90. The first-order valence-electron chi connectivity index (χ1n) is 10.4. The molecule has 168 valence electrons. The van der Waals surface area contributed by atoms with Gasteiger partial charge in [-0.1, -0.05) is 41.9 Å². The Morgan fingerprint density at radius 2 is 1.73 bits per heavy atom. The molecule has 0 aliphatic carbocycles. The number of amides is 1. The van der Waals surface area contributed by atoms with Crippen molar-refractivity contribution in [1.29, 1.82) is 0 Å². The summed E-state index contributed by atoms with van der Waals surface area (Å²) in [7, 11) is 1.55. The third kappa shape index (κ3) is 4.17. The minimum absolute atomic E-state index is 0.00760. The van der Waals surface area contributed by atoms with Crippen molar-refractivity contribution in [3.8, 4) is 11.5 Å². The number of aliphatic hydroxyl groups is 1. The Bertz CT molecular complexity index is 1220. The molecule has 1 N–H and O–H groups in total. The highest BCUT2D eigenvalue weighted by Gasteiger charge is 2.46. The molecule has 1 aliphatic heterocycles. The van der Waals surface area contributed by atoms with E-state index in [9.17, 15) is 14.7 Å². The molecule has 7 heteroatoms. The minimum atomic E-state index is -0.814. The molecule has 1 fully saturated rings. The average Bonchev–Trinajstić information content (AvgIpc) is 3.11. The number of carbonyl (C=O) groups excluding carboxylic acids is 2. The van der Waals surface area contributed by atoms with Crippen LogP contribution in [-0.2, 0) is 9.59 Å². The highest BCUT2D eigenvalue weighted by Crippen LogP contribution is 2.43. The maximum Gasteiger partial charge on any atom is 0.300 e. The average molecular weight is 464 g/mol. The second-order valence-corrected chi connectivity index (χ2v) is 7.76. The molecule has 0 bridgehead atoms. The van der Waals surface area contributed by atoms with Crippen LogP contribution in [0.3, 0.4) is 0 Å². The minimum Gasteiger partial charge on any atom is -0.507 e. The number of benzene rings is 3. The lowest BCUT2D eigenvalue weighted by atomic mass is 9.95. The quantitative estimate of drug-likeness (QED) is 0.302. The Labute approximate surface area is 196 Å². The van der Waals surface area contributed by atoms with E-state index in [1.807, 2.05) is 37.3 Å². The molecule has 0 aromatic heterocycles. The van der Waals surface area contributed by atoms with Crippen molar-refractivity contribution in [2.75, 3.05) is 18.6 Å². The van der Waals surface area contributed by atoms with E-state index in [4.69, 9.17) is 21.1 Å². The summed E-state index contributed by atoms with van der Waals surface area (Å²) in [4.78, 5) is 27.8. The molecular formula is C26H22ClNO5. The number of hydrogen-bond acceptors (Lipinski definition) is 5. The molecule has 1 unspecified atom stereocenters. The number of rotatable bonds is 6. The Hall–Kier alpha value is -3.77. The lowest BCUT2D eigenvalue weighted by molar-refractivity contribution is -0.132. The number of nitrogens with zero attached hydrogens (tertiary/aromatic N) is 1. The van der Waals surface area contributed by atoms with Crippen LogP contribution in [0.1, 0.15) is 24.1 Å². The fourth-order valence-corrected chi connectivity index (χ4v) is 4.04. The van der Waals surface area contributed by atoms with E-state index in [0.29, 0.717) is 39.9 Å². The summed E-state index contributed by atoms with van der Waals surface area (Å²) < 4.78 is 10.7. The van der Waals surface area contributed by atoms with Gasteiger partial charge in [0.25, 0.3) is 11.7 Å². The SMILES string of the molecule is CCOc1cc(/C(O)=C2/C(=O)C(=O)N(c3ccc(OC)cc3)C2c2ccccc2)ccc1Cl. The largest absolute Gasteiger partial charge is 0.507 e. The van der Waals surface area contributed by atoms with Gasteiger partial charge in [-0.2, -0.15) is 0 Å². The highest BCUT2D eigenvalue weighted by molar-refractivity contribution is 6.51. The molecule has 1 heterocycles. The van der Waals surface area contributed by atoms with Crippen LogP contribution in [0.5, 0.6) is 11.5 Å². The van der Waals surface area contributed by atoms with E-state index < -0.39 is 17.7 Å². The summed E-state index contributed by atoms with van der Waals surface area (Å²) in [5, 5.41) is 11.6. The Morgan fingerprint density at radius 1 is 1.03 bits per heavy atom. The van der Waals surface area contributed by atoms with Crippen molar-refractivity contribution in [2.45, 2.75) is 13.0 Å². The number of ketones is 1. The van der Waals surface area contributed by atoms with E-state index in [1.165, 1.54) is 4.90 Å². The van der Waals surface area contributed by atoms with Crippen LogP contribution in [-0.4, -0.2) is 30.5 Å². The molecule has 1 saturated heterocycles. The lowest BCUT2D eigenvalue weighted by Crippen LogP contribution is -2.29. The zero-order chi connectivity index (χ0) is 23.5.